The summed E-state index contributed by atoms with van der Waals surface area (Å²) >= 11 is 1.09. The van der Waals surface area contributed by atoms with E-state index in [9.17, 15) is 22.4 Å². The first kappa shape index (κ1) is 20.8. The number of halogens is 4. The lowest BCUT2D eigenvalue weighted by Crippen LogP contribution is -2.25. The van der Waals surface area contributed by atoms with Crippen LogP contribution in [0.25, 0.3) is 16.8 Å². The maximum absolute atomic E-state index is 13.5. The Morgan fingerprint density at radius 3 is 2.58 bits per heavy atom. The zero-order valence-electron chi connectivity index (χ0n) is 15.9. The predicted octanol–water partition coefficient (Wildman–Crippen LogP) is 4.69. The lowest BCUT2D eigenvalue weighted by Gasteiger charge is -2.13. The number of nitrogens with zero attached hydrogens (tertiary/aromatic N) is 3. The van der Waals surface area contributed by atoms with Crippen molar-refractivity contribution in [2.45, 2.75) is 19.1 Å². The van der Waals surface area contributed by atoms with E-state index in [1.54, 1.807) is 24.4 Å². The zero-order chi connectivity index (χ0) is 22.3. The van der Waals surface area contributed by atoms with E-state index < -0.39 is 23.3 Å². The number of aromatic nitrogens is 3. The Kier molecular flexibility index (Phi) is 5.13. The number of rotatable bonds is 4. The van der Waals surface area contributed by atoms with E-state index in [1.807, 2.05) is 0 Å². The van der Waals surface area contributed by atoms with Crippen molar-refractivity contribution in [3.8, 4) is 11.1 Å². The van der Waals surface area contributed by atoms with Crippen LogP contribution in [0.3, 0.4) is 0 Å². The molecule has 0 saturated heterocycles. The molecule has 1 amide bonds. The molecule has 0 fully saturated rings. The molecule has 0 aliphatic carbocycles. The van der Waals surface area contributed by atoms with Crippen LogP contribution < -0.4 is 11.1 Å². The number of thiophene rings is 1. The summed E-state index contributed by atoms with van der Waals surface area (Å²) < 4.78 is 54.5. The van der Waals surface area contributed by atoms with Crippen LogP contribution in [0, 0.1) is 5.82 Å². The van der Waals surface area contributed by atoms with Crippen molar-refractivity contribution >= 4 is 28.8 Å². The van der Waals surface area contributed by atoms with Crippen LogP contribution in [-0.4, -0.2) is 20.5 Å². The van der Waals surface area contributed by atoms with Crippen LogP contribution in [0.15, 0.2) is 48.0 Å². The average Bonchev–Trinajstić information content (AvgIpc) is 3.32. The minimum absolute atomic E-state index is 0.214. The number of nitrogen functional groups attached to an aromatic ring is 1. The number of hydrogen-bond acceptors (Lipinski definition) is 5. The summed E-state index contributed by atoms with van der Waals surface area (Å²) in [6.45, 7) is 1.75. The van der Waals surface area contributed by atoms with Gasteiger partial charge < -0.3 is 11.1 Å². The van der Waals surface area contributed by atoms with Crippen molar-refractivity contribution in [2.75, 3.05) is 5.73 Å². The number of anilines is 1. The van der Waals surface area contributed by atoms with Crippen LogP contribution >= 0.6 is 11.3 Å². The molecule has 0 radical (unpaired) electrons. The van der Waals surface area contributed by atoms with Gasteiger partial charge in [-0.1, -0.05) is 12.1 Å². The van der Waals surface area contributed by atoms with Gasteiger partial charge in [0.05, 0.1) is 10.9 Å². The first-order valence-corrected chi connectivity index (χ1v) is 9.88. The number of amides is 1. The first-order chi connectivity index (χ1) is 14.6. The molecule has 31 heavy (non-hydrogen) atoms. The summed E-state index contributed by atoms with van der Waals surface area (Å²) in [5.74, 6) is -1.05. The van der Waals surface area contributed by atoms with E-state index in [2.05, 4.69) is 15.4 Å². The van der Waals surface area contributed by atoms with Gasteiger partial charge in [0.15, 0.2) is 5.65 Å². The Labute approximate surface area is 177 Å². The summed E-state index contributed by atoms with van der Waals surface area (Å²) in [6, 6.07) is 7.80. The third-order valence-corrected chi connectivity index (χ3v) is 5.56. The quantitative estimate of drug-likeness (QED) is 0.443. The minimum Gasteiger partial charge on any atom is -0.366 e. The molecule has 1 aromatic carbocycles. The molecule has 4 rings (SSSR count). The molecule has 1 atom stereocenters. The Balaban J connectivity index is 1.62. The van der Waals surface area contributed by atoms with E-state index in [0.717, 1.165) is 27.5 Å². The van der Waals surface area contributed by atoms with Gasteiger partial charge in [-0.2, -0.15) is 18.2 Å². The maximum atomic E-state index is 13.5. The van der Waals surface area contributed by atoms with E-state index in [1.165, 1.54) is 24.4 Å². The van der Waals surface area contributed by atoms with Crippen LogP contribution in [0.1, 0.15) is 33.8 Å². The maximum Gasteiger partial charge on any atom is 0.420 e. The SMILES string of the molecule is C[C@H](NC(=O)c1cc(-c2cc(C(F)(F)F)c3nc(N)nn3c2)cs1)c1ccc(F)cc1. The lowest BCUT2D eigenvalue weighted by atomic mass is 10.1. The topological polar surface area (TPSA) is 85.3 Å². The average molecular weight is 449 g/mol. The van der Waals surface area contributed by atoms with Gasteiger partial charge >= 0.3 is 6.18 Å². The number of carbonyl (C=O) groups is 1. The number of alkyl halides is 3. The molecular formula is C20H15F4N5OS. The van der Waals surface area contributed by atoms with Gasteiger partial charge in [-0.25, -0.2) is 8.91 Å². The summed E-state index contributed by atoms with van der Waals surface area (Å²) in [5, 5.41) is 8.15. The second-order valence-corrected chi connectivity index (χ2v) is 7.74. The predicted molar refractivity (Wildman–Crippen MR) is 108 cm³/mol. The van der Waals surface area contributed by atoms with E-state index in [-0.39, 0.29) is 23.4 Å². The van der Waals surface area contributed by atoms with Crippen molar-refractivity contribution in [1.29, 1.82) is 0 Å². The van der Waals surface area contributed by atoms with Gasteiger partial charge in [-0.3, -0.25) is 4.79 Å². The fraction of sp³-hybridized carbons (Fsp3) is 0.150. The molecule has 11 heteroatoms. The van der Waals surface area contributed by atoms with Gasteiger partial charge in [-0.15, -0.1) is 16.4 Å². The molecule has 0 spiro atoms. The molecule has 0 aliphatic rings. The number of nitrogens with two attached hydrogens (primary N) is 1. The summed E-state index contributed by atoms with van der Waals surface area (Å²) in [4.78, 5) is 16.5. The normalized spacial score (nSPS) is 12.8. The van der Waals surface area contributed by atoms with Crippen molar-refractivity contribution in [2.24, 2.45) is 0 Å². The number of pyridine rings is 1. The molecule has 3 heterocycles. The molecule has 0 aliphatic heterocycles. The highest BCUT2D eigenvalue weighted by atomic mass is 32.1. The van der Waals surface area contributed by atoms with Gasteiger partial charge in [0.1, 0.15) is 11.4 Å². The highest BCUT2D eigenvalue weighted by molar-refractivity contribution is 7.12. The van der Waals surface area contributed by atoms with Crippen molar-refractivity contribution in [1.82, 2.24) is 19.9 Å². The summed E-state index contributed by atoms with van der Waals surface area (Å²) in [5.41, 5.74) is 5.44. The highest BCUT2D eigenvalue weighted by Gasteiger charge is 2.35. The molecule has 4 aromatic rings. The second-order valence-electron chi connectivity index (χ2n) is 6.82. The molecular weight excluding hydrogens is 434 g/mol. The number of fused-ring (bicyclic) bond motifs is 1. The van der Waals surface area contributed by atoms with Crippen LogP contribution in [0.2, 0.25) is 0 Å². The smallest absolute Gasteiger partial charge is 0.366 e. The van der Waals surface area contributed by atoms with Crippen molar-refractivity contribution in [3.63, 3.8) is 0 Å². The summed E-state index contributed by atoms with van der Waals surface area (Å²) in [6.07, 6.45) is -3.28. The lowest BCUT2D eigenvalue weighted by molar-refractivity contribution is -0.136. The van der Waals surface area contributed by atoms with Crippen molar-refractivity contribution in [3.05, 3.63) is 69.8 Å². The first-order valence-electron chi connectivity index (χ1n) is 9.00. The zero-order valence-corrected chi connectivity index (χ0v) is 16.8. The fourth-order valence-electron chi connectivity index (χ4n) is 3.08. The molecule has 3 aromatic heterocycles. The second kappa shape index (κ2) is 7.65. The van der Waals surface area contributed by atoms with E-state index in [0.29, 0.717) is 10.4 Å². The van der Waals surface area contributed by atoms with Gasteiger partial charge in [0.2, 0.25) is 5.95 Å². The summed E-state index contributed by atoms with van der Waals surface area (Å²) in [7, 11) is 0. The Bertz CT molecular complexity index is 1260. The largest absolute Gasteiger partial charge is 0.420 e. The van der Waals surface area contributed by atoms with Gasteiger partial charge in [0.25, 0.3) is 5.91 Å². The monoisotopic (exact) mass is 449 g/mol. The Morgan fingerprint density at radius 1 is 1.19 bits per heavy atom. The van der Waals surface area contributed by atoms with Gasteiger partial charge in [0, 0.05) is 11.8 Å². The molecule has 0 unspecified atom stereocenters. The molecule has 3 N–H and O–H groups in total. The fourth-order valence-corrected chi connectivity index (χ4v) is 3.90. The standard InChI is InChI=1S/C20H15F4N5OS/c1-10(11-2-4-14(21)5-3-11)26-18(30)16-7-13(9-31-16)12-6-15(20(22,23)24)17-27-19(25)28-29(17)8-12/h2-10H,1H3,(H2,25,28)(H,26,30)/t10-/m0/s1. The Hall–Kier alpha value is -3.47. The van der Waals surface area contributed by atoms with Crippen molar-refractivity contribution < 1.29 is 22.4 Å². The van der Waals surface area contributed by atoms with Crippen LogP contribution in [-0.2, 0) is 6.18 Å². The molecule has 0 bridgehead atoms. The van der Waals surface area contributed by atoms with E-state index in [4.69, 9.17) is 5.73 Å². The molecule has 0 saturated carbocycles. The number of nitrogens with one attached hydrogen (secondary N) is 1. The highest BCUT2D eigenvalue weighted by Crippen LogP contribution is 2.36. The number of carbonyl (C=O) groups excluding carboxylic acids is 1. The minimum atomic E-state index is -4.66. The third-order valence-electron chi connectivity index (χ3n) is 4.63. The molecule has 160 valence electrons. The third kappa shape index (κ3) is 4.22. The van der Waals surface area contributed by atoms with Crippen LogP contribution in [0.5, 0.6) is 0 Å². The van der Waals surface area contributed by atoms with Crippen LogP contribution in [0.4, 0.5) is 23.5 Å². The molecule has 6 nitrogen and oxygen atoms in total. The number of benzene rings is 1. The van der Waals surface area contributed by atoms with Gasteiger partial charge in [-0.05, 0) is 47.7 Å². The number of hydrogen-bond donors (Lipinski definition) is 2. The Morgan fingerprint density at radius 2 is 1.90 bits per heavy atom. The van der Waals surface area contributed by atoms with E-state index >= 15 is 0 Å².